The van der Waals surface area contributed by atoms with E-state index in [1.54, 1.807) is 0 Å². The minimum atomic E-state index is -1.20. The Balaban J connectivity index is 2.78. The number of ketones is 1. The molecule has 0 saturated heterocycles. The number of aromatic nitrogens is 1. The van der Waals surface area contributed by atoms with Crippen LogP contribution in [0.1, 0.15) is 52.8 Å². The van der Waals surface area contributed by atoms with Crippen molar-refractivity contribution < 1.29 is 14.7 Å². The third kappa shape index (κ3) is 3.03. The second-order valence-electron chi connectivity index (χ2n) is 3.42. The molecular formula is C10H14N2O3S. The first-order chi connectivity index (χ1) is 7.56. The number of Topliss-reactive ketones (excluding diaryl/α,β-unsaturated/α-hetero) is 1. The summed E-state index contributed by atoms with van der Waals surface area (Å²) >= 11 is 0.945. The van der Waals surface area contributed by atoms with Crippen LogP contribution in [0.25, 0.3) is 0 Å². The number of nitrogens with two attached hydrogens (primary N) is 1. The van der Waals surface area contributed by atoms with Crippen LogP contribution in [0, 0.1) is 0 Å². The van der Waals surface area contributed by atoms with Gasteiger partial charge in [-0.25, -0.2) is 9.78 Å². The zero-order valence-electron chi connectivity index (χ0n) is 9.02. The van der Waals surface area contributed by atoms with Crippen LogP contribution in [-0.2, 0) is 0 Å². The predicted octanol–water partition coefficient (Wildman–Crippen LogP) is 2.19. The fraction of sp³-hybridized carbons (Fsp3) is 0.500. The van der Waals surface area contributed by atoms with Gasteiger partial charge in [-0.05, 0) is 6.42 Å². The number of hydrogen-bond acceptors (Lipinski definition) is 5. The number of anilines is 1. The first kappa shape index (κ1) is 12.6. The molecule has 0 amide bonds. The van der Waals surface area contributed by atoms with Gasteiger partial charge in [0.1, 0.15) is 4.88 Å². The smallest absolute Gasteiger partial charge is 0.356 e. The van der Waals surface area contributed by atoms with Crippen molar-refractivity contribution in [3.8, 4) is 0 Å². The zero-order chi connectivity index (χ0) is 12.1. The lowest BCUT2D eigenvalue weighted by Gasteiger charge is -1.97. The van der Waals surface area contributed by atoms with Crippen LogP contribution in [0.4, 0.5) is 5.13 Å². The number of carbonyl (C=O) groups excluding carboxylic acids is 1. The summed E-state index contributed by atoms with van der Waals surface area (Å²) in [5, 5.41) is 8.96. The average molecular weight is 242 g/mol. The number of nitrogens with zero attached hydrogens (tertiary/aromatic N) is 1. The van der Waals surface area contributed by atoms with Crippen LogP contribution in [0.2, 0.25) is 0 Å². The van der Waals surface area contributed by atoms with Gasteiger partial charge in [0.25, 0.3) is 0 Å². The van der Waals surface area contributed by atoms with Gasteiger partial charge in [0, 0.05) is 6.42 Å². The van der Waals surface area contributed by atoms with Gasteiger partial charge in [-0.2, -0.15) is 0 Å². The van der Waals surface area contributed by atoms with E-state index in [1.165, 1.54) is 0 Å². The number of hydrogen-bond donors (Lipinski definition) is 2. The van der Waals surface area contributed by atoms with E-state index in [0.717, 1.165) is 30.6 Å². The van der Waals surface area contributed by atoms with Crippen molar-refractivity contribution in [2.45, 2.75) is 32.6 Å². The first-order valence-corrected chi connectivity index (χ1v) is 5.90. The molecule has 3 N–H and O–H groups in total. The predicted molar refractivity (Wildman–Crippen MR) is 62.0 cm³/mol. The molecule has 6 heteroatoms. The summed E-state index contributed by atoms with van der Waals surface area (Å²) < 4.78 is 0. The molecule has 1 aromatic heterocycles. The quantitative estimate of drug-likeness (QED) is 0.589. The Labute approximate surface area is 97.3 Å². The summed E-state index contributed by atoms with van der Waals surface area (Å²) in [7, 11) is 0. The lowest BCUT2D eigenvalue weighted by Crippen LogP contribution is -2.06. The Morgan fingerprint density at radius 1 is 1.44 bits per heavy atom. The molecule has 0 bridgehead atoms. The standard InChI is InChI=1S/C10H14N2O3S/c1-2-3-4-5-6(13)8-7(9(14)15)12-10(11)16-8/h2-5H2,1H3,(H2,11,12)(H,14,15). The third-order valence-corrected chi connectivity index (χ3v) is 3.03. The Hall–Kier alpha value is -1.43. The number of unbranched alkanes of at least 4 members (excludes halogenated alkanes) is 2. The van der Waals surface area contributed by atoms with E-state index in [4.69, 9.17) is 10.8 Å². The van der Waals surface area contributed by atoms with E-state index in [0.29, 0.717) is 6.42 Å². The van der Waals surface area contributed by atoms with Crippen molar-refractivity contribution in [3.63, 3.8) is 0 Å². The fourth-order valence-electron chi connectivity index (χ4n) is 1.32. The highest BCUT2D eigenvalue weighted by molar-refractivity contribution is 7.17. The van der Waals surface area contributed by atoms with E-state index >= 15 is 0 Å². The van der Waals surface area contributed by atoms with E-state index < -0.39 is 5.97 Å². The second-order valence-corrected chi connectivity index (χ2v) is 4.45. The van der Waals surface area contributed by atoms with E-state index in [-0.39, 0.29) is 21.5 Å². The number of rotatable bonds is 6. The van der Waals surface area contributed by atoms with Crippen LogP contribution in [0.15, 0.2) is 0 Å². The van der Waals surface area contributed by atoms with Crippen molar-refractivity contribution in [3.05, 3.63) is 10.6 Å². The molecule has 16 heavy (non-hydrogen) atoms. The number of carboxylic acids is 1. The number of aromatic carboxylic acids is 1. The van der Waals surface area contributed by atoms with Gasteiger partial charge in [-0.3, -0.25) is 4.79 Å². The topological polar surface area (TPSA) is 93.3 Å². The van der Waals surface area contributed by atoms with E-state index in [1.807, 2.05) is 6.92 Å². The summed E-state index contributed by atoms with van der Waals surface area (Å²) in [6.07, 6.45) is 3.11. The van der Waals surface area contributed by atoms with Gasteiger partial charge < -0.3 is 10.8 Å². The molecule has 0 atom stereocenters. The summed E-state index contributed by atoms with van der Waals surface area (Å²) in [5.74, 6) is -1.38. The molecule has 0 fully saturated rings. The summed E-state index contributed by atoms with van der Waals surface area (Å²) in [6, 6.07) is 0. The number of thiazole rings is 1. The van der Waals surface area contributed by atoms with Crippen molar-refractivity contribution in [1.29, 1.82) is 0 Å². The monoisotopic (exact) mass is 242 g/mol. The normalized spacial score (nSPS) is 10.3. The maximum Gasteiger partial charge on any atom is 0.356 e. The Kier molecular flexibility index (Phi) is 4.42. The largest absolute Gasteiger partial charge is 0.476 e. The number of carboxylic acid groups (broad SMARTS) is 1. The second kappa shape index (κ2) is 5.60. The summed E-state index contributed by atoms with van der Waals surface area (Å²) in [6.45, 7) is 2.04. The molecule has 0 unspecified atom stereocenters. The van der Waals surface area contributed by atoms with Gasteiger partial charge in [0.05, 0.1) is 0 Å². The third-order valence-electron chi connectivity index (χ3n) is 2.11. The van der Waals surface area contributed by atoms with Crippen LogP contribution in [-0.4, -0.2) is 21.8 Å². The van der Waals surface area contributed by atoms with E-state index in [2.05, 4.69) is 4.98 Å². The molecule has 5 nitrogen and oxygen atoms in total. The zero-order valence-corrected chi connectivity index (χ0v) is 9.84. The SMILES string of the molecule is CCCCCC(=O)c1sc(N)nc1C(=O)O. The molecule has 0 radical (unpaired) electrons. The van der Waals surface area contributed by atoms with Gasteiger partial charge >= 0.3 is 5.97 Å². The molecule has 88 valence electrons. The van der Waals surface area contributed by atoms with Crippen LogP contribution in [0.3, 0.4) is 0 Å². The molecule has 0 saturated carbocycles. The van der Waals surface area contributed by atoms with Gasteiger partial charge in [0.2, 0.25) is 0 Å². The molecule has 0 aromatic carbocycles. The molecule has 1 rings (SSSR count). The summed E-state index contributed by atoms with van der Waals surface area (Å²) in [4.78, 5) is 26.3. The lowest BCUT2D eigenvalue weighted by atomic mass is 10.1. The number of nitrogen functional groups attached to an aromatic ring is 1. The van der Waals surface area contributed by atoms with Crippen molar-refractivity contribution >= 4 is 28.2 Å². The minimum absolute atomic E-state index is 0.122. The summed E-state index contributed by atoms with van der Waals surface area (Å²) in [5.41, 5.74) is 5.18. The highest BCUT2D eigenvalue weighted by Gasteiger charge is 2.21. The highest BCUT2D eigenvalue weighted by atomic mass is 32.1. The van der Waals surface area contributed by atoms with Gasteiger partial charge in [-0.15, -0.1) is 0 Å². The van der Waals surface area contributed by atoms with Crippen molar-refractivity contribution in [2.24, 2.45) is 0 Å². The molecular weight excluding hydrogens is 228 g/mol. The first-order valence-electron chi connectivity index (χ1n) is 5.09. The van der Waals surface area contributed by atoms with Crippen molar-refractivity contribution in [1.82, 2.24) is 4.98 Å². The molecule has 1 aromatic rings. The highest BCUT2D eigenvalue weighted by Crippen LogP contribution is 2.22. The molecule has 0 aliphatic rings. The lowest BCUT2D eigenvalue weighted by molar-refractivity contribution is 0.0686. The van der Waals surface area contributed by atoms with Crippen molar-refractivity contribution in [2.75, 3.05) is 5.73 Å². The van der Waals surface area contributed by atoms with Gasteiger partial charge in [0.15, 0.2) is 16.6 Å². The molecule has 0 aliphatic heterocycles. The molecule has 0 spiro atoms. The molecule has 0 aliphatic carbocycles. The Morgan fingerprint density at radius 2 is 2.12 bits per heavy atom. The Bertz CT molecular complexity index is 401. The van der Waals surface area contributed by atoms with Crippen LogP contribution >= 0.6 is 11.3 Å². The average Bonchev–Trinajstić information content (AvgIpc) is 2.61. The maximum absolute atomic E-state index is 11.7. The van der Waals surface area contributed by atoms with E-state index in [9.17, 15) is 9.59 Å². The number of carbonyl (C=O) groups is 2. The molecule has 1 heterocycles. The maximum atomic E-state index is 11.7. The minimum Gasteiger partial charge on any atom is -0.476 e. The Morgan fingerprint density at radius 3 is 2.69 bits per heavy atom. The van der Waals surface area contributed by atoms with Crippen LogP contribution in [0.5, 0.6) is 0 Å². The fourth-order valence-corrected chi connectivity index (χ4v) is 2.11. The van der Waals surface area contributed by atoms with Crippen LogP contribution < -0.4 is 5.73 Å². The van der Waals surface area contributed by atoms with Gasteiger partial charge in [-0.1, -0.05) is 31.1 Å².